The Bertz CT molecular complexity index is 1020. The minimum absolute atomic E-state index is 0.0196. The number of morpholine rings is 1. The van der Waals surface area contributed by atoms with Gasteiger partial charge in [0.05, 0.1) is 30.2 Å². The van der Waals surface area contributed by atoms with Crippen molar-refractivity contribution in [2.45, 2.75) is 45.4 Å². The number of amides is 2. The van der Waals surface area contributed by atoms with Crippen molar-refractivity contribution in [1.29, 1.82) is 0 Å². The van der Waals surface area contributed by atoms with Gasteiger partial charge in [0.25, 0.3) is 11.8 Å². The van der Waals surface area contributed by atoms with Crippen LogP contribution in [0.25, 0.3) is 0 Å². The number of rotatable bonds is 3. The zero-order valence-electron chi connectivity index (χ0n) is 19.6. The SMILES string of the molecule is Cc1nc([C@H]2CCN(C(=O)c3cc(C(C)(C)C)nn3C)C2)ncc1C(=O)N1CCOCC1. The molecule has 0 bridgehead atoms. The van der Waals surface area contributed by atoms with E-state index >= 15 is 0 Å². The van der Waals surface area contributed by atoms with Gasteiger partial charge in [-0.15, -0.1) is 0 Å². The summed E-state index contributed by atoms with van der Waals surface area (Å²) in [7, 11) is 1.81. The van der Waals surface area contributed by atoms with Gasteiger partial charge in [0.15, 0.2) is 0 Å². The summed E-state index contributed by atoms with van der Waals surface area (Å²) in [5.74, 6) is 0.678. The summed E-state index contributed by atoms with van der Waals surface area (Å²) in [5.41, 5.74) is 2.59. The standard InChI is InChI=1S/C23H32N6O3/c1-15-17(21(30)28-8-10-32-11-9-28)13-24-20(25-15)16-6-7-29(14-16)22(31)18-12-19(23(2,3)4)26-27(18)5/h12-13,16H,6-11,14H2,1-5H3/t16-/m0/s1. The summed E-state index contributed by atoms with van der Waals surface area (Å²) < 4.78 is 7.00. The summed E-state index contributed by atoms with van der Waals surface area (Å²) in [6.07, 6.45) is 2.43. The average Bonchev–Trinajstić information content (AvgIpc) is 3.40. The van der Waals surface area contributed by atoms with Gasteiger partial charge >= 0.3 is 0 Å². The van der Waals surface area contributed by atoms with Crippen molar-refractivity contribution in [1.82, 2.24) is 29.5 Å². The molecule has 2 aliphatic heterocycles. The molecule has 32 heavy (non-hydrogen) atoms. The Kier molecular flexibility index (Phi) is 6.03. The maximum Gasteiger partial charge on any atom is 0.272 e. The van der Waals surface area contributed by atoms with Crippen LogP contribution in [-0.4, -0.2) is 80.8 Å². The molecule has 4 rings (SSSR count). The molecular weight excluding hydrogens is 408 g/mol. The predicted molar refractivity (Wildman–Crippen MR) is 119 cm³/mol. The molecule has 4 heterocycles. The van der Waals surface area contributed by atoms with Crippen LogP contribution in [0.1, 0.15) is 71.2 Å². The fourth-order valence-corrected chi connectivity index (χ4v) is 4.18. The van der Waals surface area contributed by atoms with Gasteiger partial charge in [-0.3, -0.25) is 14.3 Å². The van der Waals surface area contributed by atoms with Crippen molar-refractivity contribution in [3.63, 3.8) is 0 Å². The van der Waals surface area contributed by atoms with E-state index in [0.29, 0.717) is 62.2 Å². The van der Waals surface area contributed by atoms with Crippen molar-refractivity contribution in [3.8, 4) is 0 Å². The van der Waals surface area contributed by atoms with Crippen LogP contribution in [-0.2, 0) is 17.2 Å². The fraction of sp³-hybridized carbons (Fsp3) is 0.609. The maximum absolute atomic E-state index is 13.1. The number of hydrogen-bond acceptors (Lipinski definition) is 6. The molecule has 0 unspecified atom stereocenters. The average molecular weight is 441 g/mol. The van der Waals surface area contributed by atoms with Gasteiger partial charge in [0.1, 0.15) is 11.5 Å². The molecule has 2 aromatic heterocycles. The Hall–Kier alpha value is -2.81. The van der Waals surface area contributed by atoms with E-state index in [1.165, 1.54) is 0 Å². The highest BCUT2D eigenvalue weighted by Gasteiger charge is 2.32. The Morgan fingerprint density at radius 2 is 1.81 bits per heavy atom. The molecule has 2 aliphatic rings. The molecule has 2 saturated heterocycles. The molecule has 172 valence electrons. The van der Waals surface area contributed by atoms with Gasteiger partial charge < -0.3 is 14.5 Å². The Balaban J connectivity index is 1.45. The van der Waals surface area contributed by atoms with E-state index < -0.39 is 0 Å². The number of hydrogen-bond donors (Lipinski definition) is 0. The molecule has 0 spiro atoms. The smallest absolute Gasteiger partial charge is 0.272 e. The van der Waals surface area contributed by atoms with Gasteiger partial charge in [0.2, 0.25) is 0 Å². The topological polar surface area (TPSA) is 93.5 Å². The van der Waals surface area contributed by atoms with Crippen LogP contribution in [0.5, 0.6) is 0 Å². The van der Waals surface area contributed by atoms with Crippen LogP contribution in [0.15, 0.2) is 12.3 Å². The first-order valence-electron chi connectivity index (χ1n) is 11.2. The van der Waals surface area contributed by atoms with E-state index in [4.69, 9.17) is 4.74 Å². The molecular formula is C23H32N6O3. The lowest BCUT2D eigenvalue weighted by Crippen LogP contribution is -2.41. The van der Waals surface area contributed by atoms with Gasteiger partial charge in [0, 0.05) is 50.8 Å². The van der Waals surface area contributed by atoms with Crippen LogP contribution in [0.4, 0.5) is 0 Å². The molecule has 2 amide bonds. The third-order valence-corrected chi connectivity index (χ3v) is 6.23. The lowest BCUT2D eigenvalue weighted by molar-refractivity contribution is 0.0301. The number of nitrogens with zero attached hydrogens (tertiary/aromatic N) is 6. The molecule has 2 aromatic rings. The highest BCUT2D eigenvalue weighted by molar-refractivity contribution is 5.95. The first-order chi connectivity index (χ1) is 15.1. The second-order valence-corrected chi connectivity index (χ2v) is 9.66. The number of aromatic nitrogens is 4. The van der Waals surface area contributed by atoms with Gasteiger partial charge in [-0.2, -0.15) is 5.10 Å². The zero-order valence-corrected chi connectivity index (χ0v) is 19.6. The van der Waals surface area contributed by atoms with E-state index in [1.54, 1.807) is 15.8 Å². The number of aryl methyl sites for hydroxylation is 2. The van der Waals surface area contributed by atoms with Crippen molar-refractivity contribution in [2.24, 2.45) is 7.05 Å². The van der Waals surface area contributed by atoms with Crippen LogP contribution >= 0.6 is 0 Å². The van der Waals surface area contributed by atoms with Crippen molar-refractivity contribution in [3.05, 3.63) is 40.7 Å². The summed E-state index contributed by atoms with van der Waals surface area (Å²) >= 11 is 0. The van der Waals surface area contributed by atoms with Gasteiger partial charge in [-0.1, -0.05) is 20.8 Å². The Morgan fingerprint density at radius 1 is 1.09 bits per heavy atom. The van der Waals surface area contributed by atoms with E-state index in [0.717, 1.165) is 12.1 Å². The first-order valence-corrected chi connectivity index (χ1v) is 11.2. The van der Waals surface area contributed by atoms with Gasteiger partial charge in [-0.05, 0) is 19.4 Å². The second kappa shape index (κ2) is 8.61. The van der Waals surface area contributed by atoms with E-state index in [2.05, 4.69) is 35.8 Å². The summed E-state index contributed by atoms with van der Waals surface area (Å²) in [4.78, 5) is 38.7. The number of ether oxygens (including phenoxy) is 1. The quantitative estimate of drug-likeness (QED) is 0.724. The fourth-order valence-electron chi connectivity index (χ4n) is 4.18. The van der Waals surface area contributed by atoms with E-state index in [1.807, 2.05) is 24.9 Å². The second-order valence-electron chi connectivity index (χ2n) is 9.66. The number of carbonyl (C=O) groups is 2. The lowest BCUT2D eigenvalue weighted by Gasteiger charge is -2.27. The molecule has 0 N–H and O–H groups in total. The van der Waals surface area contributed by atoms with E-state index in [9.17, 15) is 9.59 Å². The zero-order chi connectivity index (χ0) is 23.0. The summed E-state index contributed by atoms with van der Waals surface area (Å²) in [5, 5.41) is 4.53. The molecule has 0 saturated carbocycles. The van der Waals surface area contributed by atoms with Gasteiger partial charge in [-0.25, -0.2) is 9.97 Å². The van der Waals surface area contributed by atoms with Crippen LogP contribution < -0.4 is 0 Å². The van der Waals surface area contributed by atoms with Crippen LogP contribution in [0.2, 0.25) is 0 Å². The molecule has 2 fully saturated rings. The van der Waals surface area contributed by atoms with Crippen LogP contribution in [0.3, 0.4) is 0 Å². The summed E-state index contributed by atoms with van der Waals surface area (Å²) in [6.45, 7) is 11.6. The predicted octanol–water partition coefficient (Wildman–Crippen LogP) is 1.92. The Morgan fingerprint density at radius 3 is 2.44 bits per heavy atom. The molecule has 9 heteroatoms. The molecule has 0 radical (unpaired) electrons. The normalized spacial score (nSPS) is 19.5. The molecule has 9 nitrogen and oxygen atoms in total. The highest BCUT2D eigenvalue weighted by Crippen LogP contribution is 2.28. The third kappa shape index (κ3) is 4.39. The summed E-state index contributed by atoms with van der Waals surface area (Å²) in [6, 6.07) is 1.89. The largest absolute Gasteiger partial charge is 0.378 e. The van der Waals surface area contributed by atoms with Crippen molar-refractivity contribution in [2.75, 3.05) is 39.4 Å². The van der Waals surface area contributed by atoms with Crippen molar-refractivity contribution < 1.29 is 14.3 Å². The maximum atomic E-state index is 13.1. The highest BCUT2D eigenvalue weighted by atomic mass is 16.5. The first kappa shape index (κ1) is 22.4. The minimum Gasteiger partial charge on any atom is -0.378 e. The van der Waals surface area contributed by atoms with Crippen molar-refractivity contribution >= 4 is 11.8 Å². The molecule has 0 aromatic carbocycles. The third-order valence-electron chi connectivity index (χ3n) is 6.23. The molecule has 0 aliphatic carbocycles. The Labute approximate surface area is 188 Å². The van der Waals surface area contributed by atoms with Crippen LogP contribution in [0, 0.1) is 6.92 Å². The van der Waals surface area contributed by atoms with E-state index in [-0.39, 0.29) is 23.1 Å². The number of carbonyl (C=O) groups excluding carboxylic acids is 2. The lowest BCUT2D eigenvalue weighted by atomic mass is 9.92. The molecule has 1 atom stereocenters. The minimum atomic E-state index is -0.115. The number of likely N-dealkylation sites (tertiary alicyclic amines) is 1. The monoisotopic (exact) mass is 440 g/mol.